The summed E-state index contributed by atoms with van der Waals surface area (Å²) < 4.78 is 5.24. The maximum atomic E-state index is 5.24. The Labute approximate surface area is 124 Å². The van der Waals surface area contributed by atoms with Gasteiger partial charge in [0.15, 0.2) is 5.17 Å². The second kappa shape index (κ2) is 5.77. The molecule has 1 atom stereocenters. The second-order valence-electron chi connectivity index (χ2n) is 5.62. The number of nitrogens with zero attached hydrogens (tertiary/aromatic N) is 4. The summed E-state index contributed by atoms with van der Waals surface area (Å²) in [7, 11) is 0. The molecule has 6 heteroatoms. The molecule has 2 aliphatic heterocycles. The van der Waals surface area contributed by atoms with E-state index in [1.165, 1.54) is 10.7 Å². The zero-order valence-electron chi connectivity index (χ0n) is 12.4. The maximum absolute atomic E-state index is 5.24. The fraction of sp³-hybridized carbons (Fsp3) is 0.714. The summed E-state index contributed by atoms with van der Waals surface area (Å²) in [6.45, 7) is 12.5. The Morgan fingerprint density at radius 1 is 1.25 bits per heavy atom. The van der Waals surface area contributed by atoms with Gasteiger partial charge in [0.2, 0.25) is 0 Å². The third kappa shape index (κ3) is 2.86. The van der Waals surface area contributed by atoms with Crippen molar-refractivity contribution in [1.29, 1.82) is 0 Å². The number of amidine groups is 1. The van der Waals surface area contributed by atoms with Crippen LogP contribution in [0.4, 0.5) is 0 Å². The molecule has 3 rings (SSSR count). The average Bonchev–Trinajstić information content (AvgIpc) is 3.01. The summed E-state index contributed by atoms with van der Waals surface area (Å²) in [5.74, 6) is 0.953. The van der Waals surface area contributed by atoms with Gasteiger partial charge in [-0.05, 0) is 13.8 Å². The van der Waals surface area contributed by atoms with E-state index in [0.717, 1.165) is 50.7 Å². The van der Waals surface area contributed by atoms with E-state index in [0.29, 0.717) is 5.25 Å². The number of piperazine rings is 1. The largest absolute Gasteiger partial charge is 0.361 e. The molecular weight excluding hydrogens is 272 g/mol. The van der Waals surface area contributed by atoms with Crippen molar-refractivity contribution in [3.63, 3.8) is 0 Å². The standard InChI is InChI=1S/C14H22N4OS/c1-10-8-15-14(20-10)18-6-4-17(5-7-18)9-13-11(2)16-19-12(13)3/h10H,4-9H2,1-3H3. The lowest BCUT2D eigenvalue weighted by molar-refractivity contribution is 0.176. The minimum absolute atomic E-state index is 0.644. The molecule has 0 bridgehead atoms. The van der Waals surface area contributed by atoms with Crippen LogP contribution in [-0.2, 0) is 6.54 Å². The van der Waals surface area contributed by atoms with Crippen LogP contribution in [0, 0.1) is 13.8 Å². The molecule has 3 heterocycles. The van der Waals surface area contributed by atoms with Crippen molar-refractivity contribution in [3.8, 4) is 0 Å². The summed E-state index contributed by atoms with van der Waals surface area (Å²) in [6.07, 6.45) is 0. The number of rotatable bonds is 2. The molecule has 0 aliphatic carbocycles. The molecule has 0 saturated carbocycles. The number of aliphatic imine (C=N–C) groups is 1. The predicted octanol–water partition coefficient (Wildman–Crippen LogP) is 1.90. The van der Waals surface area contributed by atoms with E-state index in [1.54, 1.807) is 0 Å². The maximum Gasteiger partial charge on any atom is 0.159 e. The highest BCUT2D eigenvalue weighted by atomic mass is 32.2. The highest BCUT2D eigenvalue weighted by Gasteiger charge is 2.25. The molecule has 0 N–H and O–H groups in total. The lowest BCUT2D eigenvalue weighted by atomic mass is 10.2. The molecule has 1 fully saturated rings. The van der Waals surface area contributed by atoms with Crippen molar-refractivity contribution in [2.75, 3.05) is 32.7 Å². The molecule has 20 heavy (non-hydrogen) atoms. The Morgan fingerprint density at radius 3 is 2.55 bits per heavy atom. The third-order valence-corrected chi connectivity index (χ3v) is 5.15. The van der Waals surface area contributed by atoms with Gasteiger partial charge < -0.3 is 9.42 Å². The SMILES string of the molecule is Cc1noc(C)c1CN1CCN(C2=NCC(C)S2)CC1. The van der Waals surface area contributed by atoms with Gasteiger partial charge in [0.1, 0.15) is 5.76 Å². The van der Waals surface area contributed by atoms with Gasteiger partial charge in [-0.3, -0.25) is 9.89 Å². The van der Waals surface area contributed by atoms with Crippen LogP contribution >= 0.6 is 11.8 Å². The molecule has 1 saturated heterocycles. The van der Waals surface area contributed by atoms with Gasteiger partial charge in [-0.2, -0.15) is 0 Å². The van der Waals surface area contributed by atoms with Crippen molar-refractivity contribution in [1.82, 2.24) is 15.0 Å². The Kier molecular flexibility index (Phi) is 4.03. The molecule has 0 radical (unpaired) electrons. The highest BCUT2D eigenvalue weighted by Crippen LogP contribution is 2.24. The molecule has 110 valence electrons. The second-order valence-corrected chi connectivity index (χ2v) is 7.02. The molecule has 0 spiro atoms. The van der Waals surface area contributed by atoms with E-state index in [9.17, 15) is 0 Å². The van der Waals surface area contributed by atoms with E-state index in [-0.39, 0.29) is 0 Å². The zero-order valence-corrected chi connectivity index (χ0v) is 13.2. The van der Waals surface area contributed by atoms with Crippen LogP contribution in [0.1, 0.15) is 23.9 Å². The van der Waals surface area contributed by atoms with Crippen LogP contribution in [0.5, 0.6) is 0 Å². The van der Waals surface area contributed by atoms with Crippen LogP contribution in [0.25, 0.3) is 0 Å². The quantitative estimate of drug-likeness (QED) is 0.833. The van der Waals surface area contributed by atoms with Crippen molar-refractivity contribution in [2.24, 2.45) is 4.99 Å². The molecule has 0 amide bonds. The zero-order chi connectivity index (χ0) is 14.1. The fourth-order valence-electron chi connectivity index (χ4n) is 2.68. The van der Waals surface area contributed by atoms with Crippen LogP contribution < -0.4 is 0 Å². The van der Waals surface area contributed by atoms with E-state index in [2.05, 4.69) is 26.9 Å². The first-order valence-electron chi connectivity index (χ1n) is 7.23. The minimum Gasteiger partial charge on any atom is -0.361 e. The fourth-order valence-corrected chi connectivity index (χ4v) is 3.67. The van der Waals surface area contributed by atoms with Gasteiger partial charge in [0.05, 0.1) is 12.2 Å². The number of hydrogen-bond donors (Lipinski definition) is 0. The first kappa shape index (κ1) is 13.9. The molecular formula is C14H22N4OS. The summed E-state index contributed by atoms with van der Waals surface area (Å²) in [4.78, 5) is 9.54. The minimum atomic E-state index is 0.644. The van der Waals surface area contributed by atoms with Gasteiger partial charge >= 0.3 is 0 Å². The lowest BCUT2D eigenvalue weighted by Gasteiger charge is -2.35. The van der Waals surface area contributed by atoms with Crippen LogP contribution in [0.2, 0.25) is 0 Å². The Morgan fingerprint density at radius 2 is 2.00 bits per heavy atom. The average molecular weight is 294 g/mol. The monoisotopic (exact) mass is 294 g/mol. The molecule has 1 unspecified atom stereocenters. The summed E-state index contributed by atoms with van der Waals surface area (Å²) >= 11 is 1.92. The Balaban J connectivity index is 1.54. The van der Waals surface area contributed by atoms with E-state index >= 15 is 0 Å². The number of aryl methyl sites for hydroxylation is 2. The van der Waals surface area contributed by atoms with Gasteiger partial charge in [-0.1, -0.05) is 23.8 Å². The first-order valence-corrected chi connectivity index (χ1v) is 8.11. The number of hydrogen-bond acceptors (Lipinski definition) is 6. The van der Waals surface area contributed by atoms with Crippen molar-refractivity contribution >= 4 is 16.9 Å². The Hall–Kier alpha value is -1.01. The molecule has 1 aromatic heterocycles. The van der Waals surface area contributed by atoms with Gasteiger partial charge in [-0.15, -0.1) is 0 Å². The van der Waals surface area contributed by atoms with E-state index in [4.69, 9.17) is 4.52 Å². The normalized spacial score (nSPS) is 24.2. The van der Waals surface area contributed by atoms with Crippen molar-refractivity contribution in [2.45, 2.75) is 32.6 Å². The Bertz CT molecular complexity index is 486. The van der Waals surface area contributed by atoms with Crippen molar-refractivity contribution in [3.05, 3.63) is 17.0 Å². The van der Waals surface area contributed by atoms with Gasteiger partial charge in [0.25, 0.3) is 0 Å². The highest BCUT2D eigenvalue weighted by molar-refractivity contribution is 8.14. The first-order chi connectivity index (χ1) is 9.63. The molecule has 5 nitrogen and oxygen atoms in total. The molecule has 2 aliphatic rings. The lowest BCUT2D eigenvalue weighted by Crippen LogP contribution is -2.47. The molecule has 0 aromatic carbocycles. The van der Waals surface area contributed by atoms with E-state index in [1.807, 2.05) is 25.6 Å². The smallest absolute Gasteiger partial charge is 0.159 e. The van der Waals surface area contributed by atoms with Gasteiger partial charge in [0, 0.05) is 43.5 Å². The van der Waals surface area contributed by atoms with Crippen molar-refractivity contribution < 1.29 is 4.52 Å². The van der Waals surface area contributed by atoms with Crippen LogP contribution in [-0.4, -0.2) is 58.1 Å². The summed E-state index contributed by atoms with van der Waals surface area (Å²) in [5.41, 5.74) is 2.27. The summed E-state index contributed by atoms with van der Waals surface area (Å²) in [5, 5.41) is 5.92. The predicted molar refractivity (Wildman–Crippen MR) is 82.2 cm³/mol. The third-order valence-electron chi connectivity index (χ3n) is 4.00. The molecule has 1 aromatic rings. The number of thioether (sulfide) groups is 1. The van der Waals surface area contributed by atoms with E-state index < -0.39 is 0 Å². The van der Waals surface area contributed by atoms with Gasteiger partial charge in [-0.25, -0.2) is 0 Å². The van der Waals surface area contributed by atoms with Crippen LogP contribution in [0.3, 0.4) is 0 Å². The summed E-state index contributed by atoms with van der Waals surface area (Å²) in [6, 6.07) is 0. The van der Waals surface area contributed by atoms with Crippen LogP contribution in [0.15, 0.2) is 9.52 Å². The number of aromatic nitrogens is 1. The topological polar surface area (TPSA) is 44.9 Å².